The van der Waals surface area contributed by atoms with Crippen LogP contribution in [0, 0.1) is 0 Å². The summed E-state index contributed by atoms with van der Waals surface area (Å²) in [7, 11) is 3.31. The molecule has 7 nitrogen and oxygen atoms in total. The van der Waals surface area contributed by atoms with Gasteiger partial charge in [0, 0.05) is 32.4 Å². The molecular weight excluding hydrogens is 428 g/mol. The molecule has 7 heteroatoms. The van der Waals surface area contributed by atoms with Crippen LogP contribution < -0.4 is 10.2 Å². The van der Waals surface area contributed by atoms with Gasteiger partial charge < -0.3 is 15.1 Å². The first-order chi connectivity index (χ1) is 16.3. The smallest absolute Gasteiger partial charge is 0.242 e. The SMILES string of the molecule is CC(=O)N(CC(=O)N(C)C)c1ccc(N=C(c2ccccc2)C2C(=O)Nc3ccccc32)cc1. The second-order valence-corrected chi connectivity index (χ2v) is 8.28. The summed E-state index contributed by atoms with van der Waals surface area (Å²) in [6, 6.07) is 24.3. The minimum Gasteiger partial charge on any atom is -0.347 e. The van der Waals surface area contributed by atoms with Gasteiger partial charge in [-0.1, -0.05) is 48.5 Å². The van der Waals surface area contributed by atoms with Crippen molar-refractivity contribution in [1.82, 2.24) is 4.90 Å². The van der Waals surface area contributed by atoms with Gasteiger partial charge in [-0.25, -0.2) is 0 Å². The molecule has 1 aliphatic rings. The van der Waals surface area contributed by atoms with Crippen LogP contribution in [0.5, 0.6) is 0 Å². The van der Waals surface area contributed by atoms with Crippen molar-refractivity contribution in [2.75, 3.05) is 30.9 Å². The molecule has 3 aromatic carbocycles. The molecule has 0 saturated heterocycles. The van der Waals surface area contributed by atoms with Crippen molar-refractivity contribution < 1.29 is 14.4 Å². The van der Waals surface area contributed by atoms with Gasteiger partial charge in [0.25, 0.3) is 0 Å². The lowest BCUT2D eigenvalue weighted by Gasteiger charge is -2.22. The van der Waals surface area contributed by atoms with E-state index in [-0.39, 0.29) is 24.3 Å². The molecule has 172 valence electrons. The van der Waals surface area contributed by atoms with Crippen LogP contribution >= 0.6 is 0 Å². The van der Waals surface area contributed by atoms with Crippen LogP contribution in [0.15, 0.2) is 83.9 Å². The Hall–Kier alpha value is -4.26. The van der Waals surface area contributed by atoms with Crippen molar-refractivity contribution in [2.45, 2.75) is 12.8 Å². The van der Waals surface area contributed by atoms with Crippen LogP contribution in [0.1, 0.15) is 24.0 Å². The first-order valence-electron chi connectivity index (χ1n) is 11.0. The van der Waals surface area contributed by atoms with Crippen molar-refractivity contribution in [3.05, 3.63) is 90.0 Å². The lowest BCUT2D eigenvalue weighted by atomic mass is 9.90. The second kappa shape index (κ2) is 9.70. The first kappa shape index (κ1) is 22.9. The number of nitrogens with one attached hydrogen (secondary N) is 1. The van der Waals surface area contributed by atoms with E-state index in [2.05, 4.69) is 5.32 Å². The third-order valence-corrected chi connectivity index (χ3v) is 5.72. The van der Waals surface area contributed by atoms with E-state index >= 15 is 0 Å². The van der Waals surface area contributed by atoms with Gasteiger partial charge in [0.2, 0.25) is 17.7 Å². The Morgan fingerprint density at radius 1 is 0.912 bits per heavy atom. The van der Waals surface area contributed by atoms with Gasteiger partial charge in [0.15, 0.2) is 0 Å². The summed E-state index contributed by atoms with van der Waals surface area (Å²) in [5.74, 6) is -1.06. The summed E-state index contributed by atoms with van der Waals surface area (Å²) >= 11 is 0. The van der Waals surface area contributed by atoms with E-state index in [9.17, 15) is 14.4 Å². The number of aliphatic imine (C=N–C) groups is 1. The minimum atomic E-state index is -0.537. The monoisotopic (exact) mass is 454 g/mol. The Bertz CT molecular complexity index is 1250. The van der Waals surface area contributed by atoms with Gasteiger partial charge in [0.05, 0.1) is 11.4 Å². The van der Waals surface area contributed by atoms with E-state index in [0.29, 0.717) is 17.1 Å². The van der Waals surface area contributed by atoms with E-state index in [4.69, 9.17) is 4.99 Å². The van der Waals surface area contributed by atoms with Gasteiger partial charge in [-0.15, -0.1) is 0 Å². The molecule has 3 aromatic rings. The molecule has 0 aromatic heterocycles. The average molecular weight is 455 g/mol. The zero-order valence-electron chi connectivity index (χ0n) is 19.4. The molecule has 0 aliphatic carbocycles. The average Bonchev–Trinajstić information content (AvgIpc) is 3.17. The predicted molar refractivity (Wildman–Crippen MR) is 134 cm³/mol. The van der Waals surface area contributed by atoms with Crippen LogP contribution in [-0.4, -0.2) is 49.0 Å². The number of fused-ring (bicyclic) bond motifs is 1. The van der Waals surface area contributed by atoms with Crippen LogP contribution in [0.25, 0.3) is 0 Å². The number of rotatable bonds is 6. The van der Waals surface area contributed by atoms with Gasteiger partial charge in [-0.05, 0) is 41.5 Å². The zero-order chi connectivity index (χ0) is 24.2. The Labute approximate surface area is 198 Å². The molecule has 0 spiro atoms. The first-order valence-corrected chi connectivity index (χ1v) is 11.0. The van der Waals surface area contributed by atoms with E-state index in [1.165, 1.54) is 16.7 Å². The zero-order valence-corrected chi connectivity index (χ0v) is 19.4. The number of likely N-dealkylation sites (N-methyl/N-ethyl adjacent to an activating group) is 1. The highest BCUT2D eigenvalue weighted by Gasteiger charge is 2.35. The molecule has 34 heavy (non-hydrogen) atoms. The third-order valence-electron chi connectivity index (χ3n) is 5.72. The normalized spacial score (nSPS) is 14.9. The maximum atomic E-state index is 12.9. The summed E-state index contributed by atoms with van der Waals surface area (Å²) in [4.78, 5) is 45.0. The fourth-order valence-corrected chi connectivity index (χ4v) is 3.89. The number of para-hydroxylation sites is 1. The number of hydrogen-bond donors (Lipinski definition) is 1. The lowest BCUT2D eigenvalue weighted by Crippen LogP contribution is -2.39. The van der Waals surface area contributed by atoms with Crippen LogP contribution in [0.4, 0.5) is 17.1 Å². The largest absolute Gasteiger partial charge is 0.347 e. The van der Waals surface area contributed by atoms with Crippen molar-refractivity contribution in [3.8, 4) is 0 Å². The van der Waals surface area contributed by atoms with Crippen LogP contribution in [-0.2, 0) is 14.4 Å². The Morgan fingerprint density at radius 2 is 1.56 bits per heavy atom. The predicted octanol–water partition coefficient (Wildman–Crippen LogP) is 3.98. The Morgan fingerprint density at radius 3 is 2.21 bits per heavy atom. The number of benzene rings is 3. The Balaban J connectivity index is 1.71. The number of hydrogen-bond acceptors (Lipinski definition) is 4. The molecule has 1 aliphatic heterocycles. The quantitative estimate of drug-likeness (QED) is 0.572. The van der Waals surface area contributed by atoms with Crippen LogP contribution in [0.2, 0.25) is 0 Å². The highest BCUT2D eigenvalue weighted by Crippen LogP contribution is 2.36. The van der Waals surface area contributed by atoms with Crippen molar-refractivity contribution in [1.29, 1.82) is 0 Å². The van der Waals surface area contributed by atoms with Crippen molar-refractivity contribution in [3.63, 3.8) is 0 Å². The summed E-state index contributed by atoms with van der Waals surface area (Å²) in [5, 5.41) is 2.95. The molecule has 1 heterocycles. The summed E-state index contributed by atoms with van der Waals surface area (Å²) < 4.78 is 0. The van der Waals surface area contributed by atoms with Gasteiger partial charge in [0.1, 0.15) is 12.5 Å². The summed E-state index contributed by atoms with van der Waals surface area (Å²) in [6.45, 7) is 1.39. The highest BCUT2D eigenvalue weighted by atomic mass is 16.2. The topological polar surface area (TPSA) is 82.1 Å². The molecule has 1 unspecified atom stereocenters. The Kier molecular flexibility index (Phi) is 6.54. The summed E-state index contributed by atoms with van der Waals surface area (Å²) in [5.41, 5.74) is 4.41. The molecule has 0 saturated carbocycles. The highest BCUT2D eigenvalue weighted by molar-refractivity contribution is 6.24. The molecule has 1 atom stereocenters. The maximum absolute atomic E-state index is 12.9. The third kappa shape index (κ3) is 4.73. The number of carbonyl (C=O) groups is 3. The fourth-order valence-electron chi connectivity index (χ4n) is 3.89. The number of carbonyl (C=O) groups excluding carboxylic acids is 3. The van der Waals surface area contributed by atoms with Crippen molar-refractivity contribution >= 4 is 40.5 Å². The molecular formula is C27H26N4O3. The van der Waals surface area contributed by atoms with Gasteiger partial charge in [-0.3, -0.25) is 19.4 Å². The lowest BCUT2D eigenvalue weighted by molar-refractivity contribution is -0.129. The molecule has 1 N–H and O–H groups in total. The van der Waals surface area contributed by atoms with Crippen molar-refractivity contribution in [2.24, 2.45) is 4.99 Å². The molecule has 0 bridgehead atoms. The number of nitrogens with zero attached hydrogens (tertiary/aromatic N) is 3. The van der Waals surface area contributed by atoms with E-state index in [0.717, 1.165) is 16.8 Å². The van der Waals surface area contributed by atoms with E-state index < -0.39 is 5.92 Å². The molecule has 0 fully saturated rings. The fraction of sp³-hybridized carbons (Fsp3) is 0.185. The maximum Gasteiger partial charge on any atom is 0.242 e. The standard InChI is InChI=1S/C27H26N4O3/c1-18(32)31(17-24(33)30(2)3)21-15-13-20(14-16-21)28-26(19-9-5-4-6-10-19)25-22-11-7-8-12-23(22)29-27(25)34/h4-16,25H,17H2,1-3H3,(H,29,34). The minimum absolute atomic E-state index is 0.0424. The van der Waals surface area contributed by atoms with E-state index in [1.807, 2.05) is 54.6 Å². The summed E-state index contributed by atoms with van der Waals surface area (Å²) in [6.07, 6.45) is 0. The van der Waals surface area contributed by atoms with E-state index in [1.54, 1.807) is 38.4 Å². The second-order valence-electron chi connectivity index (χ2n) is 8.28. The van der Waals surface area contributed by atoms with Gasteiger partial charge >= 0.3 is 0 Å². The molecule has 0 radical (unpaired) electrons. The molecule has 4 rings (SSSR count). The number of anilines is 2. The van der Waals surface area contributed by atoms with Gasteiger partial charge in [-0.2, -0.15) is 0 Å². The molecule has 3 amide bonds. The van der Waals surface area contributed by atoms with Crippen LogP contribution in [0.3, 0.4) is 0 Å². The number of amides is 3.